The van der Waals surface area contributed by atoms with Gasteiger partial charge in [-0.3, -0.25) is 19.7 Å². The van der Waals surface area contributed by atoms with Crippen LogP contribution in [0.5, 0.6) is 0 Å². The van der Waals surface area contributed by atoms with Crippen LogP contribution in [0.3, 0.4) is 0 Å². The van der Waals surface area contributed by atoms with Crippen LogP contribution in [0.2, 0.25) is 0 Å². The first-order valence-electron chi connectivity index (χ1n) is 18.1. The lowest BCUT2D eigenvalue weighted by atomic mass is 9.81. The van der Waals surface area contributed by atoms with Crippen LogP contribution < -0.4 is 16.0 Å². The number of hydrogen-bond donors (Lipinski definition) is 4. The van der Waals surface area contributed by atoms with Crippen LogP contribution in [0, 0.1) is 11.8 Å². The number of carbonyl (C=O) groups excluding carboxylic acids is 3. The zero-order valence-electron chi connectivity index (χ0n) is 30.6. The number of hydrogen-bond acceptors (Lipinski definition) is 8. The maximum absolute atomic E-state index is 14.0. The van der Waals surface area contributed by atoms with Crippen LogP contribution in [0.1, 0.15) is 57.8 Å². The highest BCUT2D eigenvalue weighted by Gasteiger charge is 2.30. The molecular weight excluding hydrogens is 670 g/mol. The van der Waals surface area contributed by atoms with Crippen molar-refractivity contribution in [2.24, 2.45) is 11.8 Å². The number of methoxy groups -OCH3 is 1. The molecule has 0 aliphatic heterocycles. The van der Waals surface area contributed by atoms with Crippen molar-refractivity contribution in [1.82, 2.24) is 30.8 Å². The number of aromatic nitrogens is 4. The van der Waals surface area contributed by atoms with Crippen molar-refractivity contribution >= 4 is 34.5 Å². The monoisotopic (exact) mass is 717 g/mol. The highest BCUT2D eigenvalue weighted by molar-refractivity contribution is 5.98. The number of ether oxygens (including phenoxy) is 2. The van der Waals surface area contributed by atoms with Crippen molar-refractivity contribution < 1.29 is 23.9 Å². The number of nitrogens with one attached hydrogen (secondary N) is 4. The zero-order chi connectivity index (χ0) is 37.4. The second kappa shape index (κ2) is 16.8. The fourth-order valence-corrected chi connectivity index (χ4v) is 6.68. The number of anilines is 1. The third-order valence-corrected chi connectivity index (χ3v) is 9.33. The molecule has 3 aromatic carbocycles. The molecule has 276 valence electrons. The summed E-state index contributed by atoms with van der Waals surface area (Å²) in [6.07, 6.45) is 4.55. The summed E-state index contributed by atoms with van der Waals surface area (Å²) in [6.45, 7) is 6.32. The van der Waals surface area contributed by atoms with Crippen LogP contribution in [0.15, 0.2) is 85.1 Å². The Morgan fingerprint density at radius 1 is 0.925 bits per heavy atom. The molecule has 1 aliphatic carbocycles. The van der Waals surface area contributed by atoms with Gasteiger partial charge in [-0.05, 0) is 105 Å². The van der Waals surface area contributed by atoms with Crippen molar-refractivity contribution in [3.8, 4) is 22.5 Å². The Morgan fingerprint density at radius 2 is 1.70 bits per heavy atom. The molecule has 2 heterocycles. The van der Waals surface area contributed by atoms with Crippen LogP contribution in [-0.4, -0.2) is 63.4 Å². The van der Waals surface area contributed by atoms with Gasteiger partial charge in [0.15, 0.2) is 11.6 Å². The molecule has 2 aromatic heterocycles. The smallest absolute Gasteiger partial charge is 0.407 e. The number of alkyl carbamates (subject to hydrolysis) is 1. The maximum Gasteiger partial charge on any atom is 0.407 e. The molecule has 0 bridgehead atoms. The van der Waals surface area contributed by atoms with Gasteiger partial charge in [-0.15, -0.1) is 0 Å². The van der Waals surface area contributed by atoms with Gasteiger partial charge in [0.2, 0.25) is 11.8 Å². The molecule has 0 spiro atoms. The predicted molar refractivity (Wildman–Crippen MR) is 204 cm³/mol. The third kappa shape index (κ3) is 10.0. The lowest BCUT2D eigenvalue weighted by Crippen LogP contribution is -2.48. The van der Waals surface area contributed by atoms with Crippen molar-refractivity contribution in [2.75, 3.05) is 19.0 Å². The fourth-order valence-electron chi connectivity index (χ4n) is 6.68. The lowest BCUT2D eigenvalue weighted by Gasteiger charge is -2.29. The first-order valence-corrected chi connectivity index (χ1v) is 18.1. The first-order chi connectivity index (χ1) is 25.5. The summed E-state index contributed by atoms with van der Waals surface area (Å²) >= 11 is 0. The summed E-state index contributed by atoms with van der Waals surface area (Å²) in [6, 6.07) is 24.5. The lowest BCUT2D eigenvalue weighted by molar-refractivity contribution is -0.130. The van der Waals surface area contributed by atoms with E-state index >= 15 is 0 Å². The van der Waals surface area contributed by atoms with Crippen molar-refractivity contribution in [3.05, 3.63) is 96.4 Å². The highest BCUT2D eigenvalue weighted by Crippen LogP contribution is 2.30. The largest absolute Gasteiger partial charge is 0.444 e. The molecule has 0 radical (unpaired) electrons. The number of aromatic amines is 1. The van der Waals surface area contributed by atoms with Gasteiger partial charge in [-0.1, -0.05) is 42.5 Å². The summed E-state index contributed by atoms with van der Waals surface area (Å²) in [5.74, 6) is 0.696. The quantitative estimate of drug-likeness (QED) is 0.109. The van der Waals surface area contributed by atoms with Gasteiger partial charge in [0.25, 0.3) is 0 Å². The Kier molecular flexibility index (Phi) is 11.8. The molecule has 1 saturated carbocycles. The number of rotatable bonds is 12. The van der Waals surface area contributed by atoms with Gasteiger partial charge >= 0.3 is 6.09 Å². The zero-order valence-corrected chi connectivity index (χ0v) is 30.6. The highest BCUT2D eigenvalue weighted by atomic mass is 16.6. The molecule has 12 heteroatoms. The van der Waals surface area contributed by atoms with Gasteiger partial charge in [0.1, 0.15) is 18.2 Å². The van der Waals surface area contributed by atoms with Gasteiger partial charge in [-0.2, -0.15) is 5.10 Å². The number of pyridine rings is 1. The van der Waals surface area contributed by atoms with E-state index in [1.165, 1.54) is 0 Å². The Labute approximate surface area is 309 Å². The summed E-state index contributed by atoms with van der Waals surface area (Å²) in [7, 11) is 1.59. The van der Waals surface area contributed by atoms with E-state index < -0.39 is 17.7 Å². The molecule has 12 nitrogen and oxygen atoms in total. The van der Waals surface area contributed by atoms with E-state index in [0.717, 1.165) is 46.0 Å². The normalized spacial score (nSPS) is 16.5. The molecule has 0 unspecified atom stereocenters. The Morgan fingerprint density at radius 3 is 2.45 bits per heavy atom. The minimum atomic E-state index is -0.831. The van der Waals surface area contributed by atoms with E-state index in [4.69, 9.17) is 9.47 Å². The molecule has 1 atom stereocenters. The van der Waals surface area contributed by atoms with Crippen LogP contribution >= 0.6 is 0 Å². The summed E-state index contributed by atoms with van der Waals surface area (Å²) in [5.41, 5.74) is 4.66. The number of H-pyrrole nitrogens is 1. The topological polar surface area (TPSA) is 160 Å². The van der Waals surface area contributed by atoms with Crippen LogP contribution in [-0.2, 0) is 32.1 Å². The van der Waals surface area contributed by atoms with E-state index in [-0.39, 0.29) is 23.7 Å². The molecular formula is C41H47N7O5. The maximum atomic E-state index is 14.0. The van der Waals surface area contributed by atoms with Gasteiger partial charge in [0, 0.05) is 48.8 Å². The minimum Gasteiger partial charge on any atom is -0.444 e. The Hall–Kier alpha value is -5.62. The van der Waals surface area contributed by atoms with Crippen molar-refractivity contribution in [2.45, 2.75) is 71.1 Å². The number of benzene rings is 3. The van der Waals surface area contributed by atoms with Crippen LogP contribution in [0.4, 0.5) is 10.5 Å². The molecule has 0 saturated heterocycles. The molecule has 3 amide bonds. The van der Waals surface area contributed by atoms with E-state index in [0.29, 0.717) is 49.8 Å². The number of carbonyl (C=O) groups is 3. The Bertz CT molecular complexity index is 2030. The fraction of sp³-hybridized carbons (Fsp3) is 0.366. The first kappa shape index (κ1) is 37.1. The average molecular weight is 718 g/mol. The average Bonchev–Trinajstić information content (AvgIpc) is 3.62. The molecule has 6 rings (SSSR count). The molecule has 4 N–H and O–H groups in total. The third-order valence-electron chi connectivity index (χ3n) is 9.33. The number of amides is 3. The molecule has 1 aliphatic rings. The van der Waals surface area contributed by atoms with E-state index in [9.17, 15) is 14.4 Å². The van der Waals surface area contributed by atoms with Crippen molar-refractivity contribution in [1.29, 1.82) is 0 Å². The summed E-state index contributed by atoms with van der Waals surface area (Å²) < 4.78 is 10.5. The number of nitrogens with zero attached hydrogens (tertiary/aromatic N) is 3. The van der Waals surface area contributed by atoms with E-state index in [1.807, 2.05) is 69.3 Å². The van der Waals surface area contributed by atoms with Gasteiger partial charge in [-0.25, -0.2) is 9.78 Å². The second-order valence-electron chi connectivity index (χ2n) is 14.5. The standard InChI is InChI=1S/C41H47N7O5/c1-41(2,3)53-40(51)43-24-26-13-15-29(16-14-26)38(49)45-35(39(50)44-31-19-17-28(18-20-31)37-46-36(25-52-4)47-48-37)23-27-8-5-9-30(22-27)32-10-6-12-34-33(32)11-7-21-42-34/h5-12,17-22,26,29,35H,13-16,23-25H2,1-4H3,(H,43,51)(H,44,50)(H,45,49)(H,46,47,48)/t26?,29?,35-/m0/s1. The van der Waals surface area contributed by atoms with Gasteiger partial charge < -0.3 is 25.4 Å². The minimum absolute atomic E-state index is 0.146. The second-order valence-corrected chi connectivity index (χ2v) is 14.5. The molecule has 5 aromatic rings. The molecule has 53 heavy (non-hydrogen) atoms. The number of fused-ring (bicyclic) bond motifs is 1. The Balaban J connectivity index is 1.15. The summed E-state index contributed by atoms with van der Waals surface area (Å²) in [4.78, 5) is 48.8. The van der Waals surface area contributed by atoms with Crippen molar-refractivity contribution in [3.63, 3.8) is 0 Å². The van der Waals surface area contributed by atoms with E-state index in [2.05, 4.69) is 54.3 Å². The molecule has 1 fully saturated rings. The SMILES string of the molecule is COCc1nc(-c2ccc(NC(=O)[C@H](Cc3cccc(-c4cccc5ncccc45)c3)NC(=O)C3CCC(CNC(=O)OC(C)(C)C)CC3)cc2)n[nH]1. The van der Waals surface area contributed by atoms with Crippen LogP contribution in [0.25, 0.3) is 33.4 Å². The van der Waals surface area contributed by atoms with E-state index in [1.54, 1.807) is 25.4 Å². The van der Waals surface area contributed by atoms with Gasteiger partial charge in [0.05, 0.1) is 5.52 Å². The summed E-state index contributed by atoms with van der Waals surface area (Å²) in [5, 5.41) is 17.1. The predicted octanol–water partition coefficient (Wildman–Crippen LogP) is 6.83.